The van der Waals surface area contributed by atoms with Crippen molar-refractivity contribution in [3.63, 3.8) is 0 Å². The first kappa shape index (κ1) is 18.4. The topological polar surface area (TPSA) is 65.7 Å². The highest BCUT2D eigenvalue weighted by Gasteiger charge is 2.41. The van der Waals surface area contributed by atoms with E-state index in [0.29, 0.717) is 0 Å². The number of nitrogens with one attached hydrogen (secondary N) is 1. The Kier molecular flexibility index (Phi) is 4.10. The average molecular weight is 390 g/mol. The molecule has 0 saturated carbocycles. The minimum absolute atomic E-state index is 0.183. The second-order valence-corrected chi connectivity index (χ2v) is 8.75. The summed E-state index contributed by atoms with van der Waals surface area (Å²) in [5.41, 5.74) is 12.1. The van der Waals surface area contributed by atoms with Crippen LogP contribution in [0.1, 0.15) is 27.7 Å². The quantitative estimate of drug-likeness (QED) is 0.355. The Labute approximate surface area is 170 Å². The van der Waals surface area contributed by atoms with E-state index in [-0.39, 0.29) is 12.1 Å². The van der Waals surface area contributed by atoms with Crippen molar-refractivity contribution in [3.8, 4) is 22.3 Å². The van der Waals surface area contributed by atoms with E-state index in [4.69, 9.17) is 20.2 Å². The van der Waals surface area contributed by atoms with Crippen LogP contribution < -0.4 is 11.1 Å². The zero-order valence-corrected chi connectivity index (χ0v) is 17.2. The molecule has 3 aromatic carbocycles. The number of rotatable bonds is 3. The number of nitrogens with two attached hydrogens (primary N) is 1. The Morgan fingerprint density at radius 3 is 2.52 bits per heavy atom. The third kappa shape index (κ3) is 2.89. The standard InChI is InChI=1S/C24H26N2O3/c1-13(2)22-27-23(24(3,4)29-28-22)26-20-11-10-17-15-9-8-14(25)12-19(15)16-6-5-7-18(20)21(16)17/h5-13,22-23,26H,25H2,1-4H3. The van der Waals surface area contributed by atoms with Crippen molar-refractivity contribution in [1.82, 2.24) is 0 Å². The van der Waals surface area contributed by atoms with E-state index >= 15 is 0 Å². The Morgan fingerprint density at radius 2 is 1.72 bits per heavy atom. The van der Waals surface area contributed by atoms with Gasteiger partial charge in [-0.3, -0.25) is 0 Å². The predicted octanol–water partition coefficient (Wildman–Crippen LogP) is 5.55. The molecule has 0 amide bonds. The molecule has 1 aliphatic heterocycles. The van der Waals surface area contributed by atoms with Gasteiger partial charge in [0.25, 0.3) is 0 Å². The van der Waals surface area contributed by atoms with E-state index in [1.807, 2.05) is 33.8 Å². The van der Waals surface area contributed by atoms with Gasteiger partial charge in [0.1, 0.15) is 5.60 Å². The molecule has 0 bridgehead atoms. The van der Waals surface area contributed by atoms with Crippen LogP contribution in [0.25, 0.3) is 33.0 Å². The second kappa shape index (κ2) is 6.46. The van der Waals surface area contributed by atoms with Gasteiger partial charge in [-0.15, -0.1) is 0 Å². The molecule has 3 N–H and O–H groups in total. The lowest BCUT2D eigenvalue weighted by Gasteiger charge is -2.42. The van der Waals surface area contributed by atoms with E-state index in [1.54, 1.807) is 0 Å². The number of anilines is 2. The number of hydrogen-bond donors (Lipinski definition) is 2. The second-order valence-electron chi connectivity index (χ2n) is 8.75. The molecule has 1 aliphatic carbocycles. The molecule has 150 valence electrons. The summed E-state index contributed by atoms with van der Waals surface area (Å²) in [5.74, 6) is 0.183. The lowest BCUT2D eigenvalue weighted by atomic mass is 10.0. The zero-order valence-electron chi connectivity index (χ0n) is 17.2. The van der Waals surface area contributed by atoms with Gasteiger partial charge in [0.15, 0.2) is 12.5 Å². The molecule has 0 aromatic heterocycles. The number of fused-ring (bicyclic) bond motifs is 3. The van der Waals surface area contributed by atoms with Crippen LogP contribution in [-0.2, 0) is 14.5 Å². The van der Waals surface area contributed by atoms with Crippen molar-refractivity contribution in [3.05, 3.63) is 48.5 Å². The van der Waals surface area contributed by atoms with Crippen LogP contribution in [0, 0.1) is 5.92 Å². The van der Waals surface area contributed by atoms with Crippen molar-refractivity contribution in [2.24, 2.45) is 5.92 Å². The minimum Gasteiger partial charge on any atom is -0.399 e. The number of benzene rings is 3. The smallest absolute Gasteiger partial charge is 0.196 e. The molecule has 2 atom stereocenters. The lowest BCUT2D eigenvalue weighted by molar-refractivity contribution is -0.485. The molecule has 5 heteroatoms. The molecular weight excluding hydrogens is 364 g/mol. The van der Waals surface area contributed by atoms with Gasteiger partial charge in [0, 0.05) is 22.7 Å². The third-order valence-corrected chi connectivity index (χ3v) is 5.75. The molecule has 5 rings (SSSR count). The Bertz CT molecular complexity index is 1110. The molecular formula is C24H26N2O3. The van der Waals surface area contributed by atoms with Crippen LogP contribution >= 0.6 is 0 Å². The Morgan fingerprint density at radius 1 is 0.966 bits per heavy atom. The van der Waals surface area contributed by atoms with E-state index in [9.17, 15) is 0 Å². The number of ether oxygens (including phenoxy) is 1. The van der Waals surface area contributed by atoms with Gasteiger partial charge in [0.05, 0.1) is 0 Å². The summed E-state index contributed by atoms with van der Waals surface area (Å²) in [6.45, 7) is 8.01. The predicted molar refractivity (Wildman–Crippen MR) is 116 cm³/mol. The fourth-order valence-electron chi connectivity index (χ4n) is 4.15. The van der Waals surface area contributed by atoms with Crippen molar-refractivity contribution in [2.45, 2.75) is 45.8 Å². The lowest BCUT2D eigenvalue weighted by Crippen LogP contribution is -2.54. The highest BCUT2D eigenvalue weighted by Crippen LogP contribution is 2.49. The zero-order chi connectivity index (χ0) is 20.3. The molecule has 1 heterocycles. The first-order valence-electron chi connectivity index (χ1n) is 10.1. The highest BCUT2D eigenvalue weighted by molar-refractivity contribution is 6.18. The van der Waals surface area contributed by atoms with Crippen LogP contribution in [0.15, 0.2) is 48.5 Å². The van der Waals surface area contributed by atoms with Crippen molar-refractivity contribution < 1.29 is 14.5 Å². The summed E-state index contributed by atoms with van der Waals surface area (Å²) in [7, 11) is 0. The van der Waals surface area contributed by atoms with Crippen molar-refractivity contribution >= 4 is 22.1 Å². The number of hydrogen-bond acceptors (Lipinski definition) is 5. The molecule has 29 heavy (non-hydrogen) atoms. The van der Waals surface area contributed by atoms with Gasteiger partial charge in [-0.1, -0.05) is 44.2 Å². The van der Waals surface area contributed by atoms with Crippen molar-refractivity contribution in [2.75, 3.05) is 11.1 Å². The first-order valence-corrected chi connectivity index (χ1v) is 10.1. The summed E-state index contributed by atoms with van der Waals surface area (Å²) in [5, 5.41) is 5.96. The summed E-state index contributed by atoms with van der Waals surface area (Å²) in [6.07, 6.45) is -0.760. The first-order chi connectivity index (χ1) is 13.8. The van der Waals surface area contributed by atoms with Crippen LogP contribution in [0.4, 0.5) is 11.4 Å². The van der Waals surface area contributed by atoms with Crippen LogP contribution in [-0.4, -0.2) is 18.1 Å². The normalized spacial score (nSPS) is 22.1. The molecule has 3 aromatic rings. The maximum Gasteiger partial charge on any atom is 0.196 e. The molecule has 0 spiro atoms. The van der Waals surface area contributed by atoms with Gasteiger partial charge in [-0.05, 0) is 59.7 Å². The summed E-state index contributed by atoms with van der Waals surface area (Å²) in [4.78, 5) is 11.1. The van der Waals surface area contributed by atoms with Crippen LogP contribution in [0.2, 0.25) is 0 Å². The molecule has 5 nitrogen and oxygen atoms in total. The number of nitrogen functional groups attached to an aromatic ring is 1. The SMILES string of the molecule is CC(C)C1OOC(C)(C)C(Nc2ccc3c4c(cccc24)-c2cc(N)ccc2-3)O1. The van der Waals surface area contributed by atoms with Gasteiger partial charge in [0.2, 0.25) is 0 Å². The van der Waals surface area contributed by atoms with E-state index in [1.165, 1.54) is 27.6 Å². The molecule has 2 aliphatic rings. The fraction of sp³-hybridized carbons (Fsp3) is 0.333. The maximum atomic E-state index is 6.19. The fourth-order valence-corrected chi connectivity index (χ4v) is 4.15. The van der Waals surface area contributed by atoms with E-state index in [0.717, 1.165) is 16.8 Å². The maximum absolute atomic E-state index is 6.19. The van der Waals surface area contributed by atoms with Crippen molar-refractivity contribution in [1.29, 1.82) is 0 Å². The van der Waals surface area contributed by atoms with Gasteiger partial charge < -0.3 is 15.8 Å². The van der Waals surface area contributed by atoms with Gasteiger partial charge >= 0.3 is 0 Å². The third-order valence-electron chi connectivity index (χ3n) is 5.75. The summed E-state index contributed by atoms with van der Waals surface area (Å²) < 4.78 is 6.19. The molecule has 1 fully saturated rings. The molecule has 1 saturated heterocycles. The van der Waals surface area contributed by atoms with E-state index < -0.39 is 11.9 Å². The van der Waals surface area contributed by atoms with Gasteiger partial charge in [-0.2, -0.15) is 0 Å². The monoisotopic (exact) mass is 390 g/mol. The Hall–Kier alpha value is -2.60. The summed E-state index contributed by atoms with van der Waals surface area (Å²) in [6, 6.07) is 16.8. The highest BCUT2D eigenvalue weighted by atomic mass is 17.2. The molecule has 0 radical (unpaired) electrons. The Balaban J connectivity index is 1.58. The summed E-state index contributed by atoms with van der Waals surface area (Å²) >= 11 is 0. The average Bonchev–Trinajstić information content (AvgIpc) is 3.00. The molecule has 2 unspecified atom stereocenters. The van der Waals surface area contributed by atoms with E-state index in [2.05, 4.69) is 47.8 Å². The van der Waals surface area contributed by atoms with Crippen LogP contribution in [0.3, 0.4) is 0 Å². The van der Waals surface area contributed by atoms with Gasteiger partial charge in [-0.25, -0.2) is 9.78 Å². The largest absolute Gasteiger partial charge is 0.399 e. The van der Waals surface area contributed by atoms with Crippen LogP contribution in [0.5, 0.6) is 0 Å². The minimum atomic E-state index is -0.633.